The van der Waals surface area contributed by atoms with E-state index < -0.39 is 10.8 Å². The number of benzene rings is 2. The fraction of sp³-hybridized carbons (Fsp3) is 0.125. The lowest BCUT2D eigenvalue weighted by Crippen LogP contribution is -2.02. The molecular formula is C16H12N2OS. The predicted octanol–water partition coefficient (Wildman–Crippen LogP) is 2.88. The van der Waals surface area contributed by atoms with E-state index in [1.165, 1.54) is 0 Å². The molecule has 0 saturated heterocycles. The maximum atomic E-state index is 12.2. The Labute approximate surface area is 120 Å². The Hall–Kier alpha value is -2.43. The van der Waals surface area contributed by atoms with Gasteiger partial charge < -0.3 is 0 Å². The molecule has 0 heterocycles. The van der Waals surface area contributed by atoms with Crippen molar-refractivity contribution in [3.63, 3.8) is 0 Å². The second-order valence-electron chi connectivity index (χ2n) is 4.27. The predicted molar refractivity (Wildman–Crippen MR) is 77.9 cm³/mol. The first-order valence-corrected chi connectivity index (χ1v) is 7.54. The van der Waals surface area contributed by atoms with E-state index >= 15 is 0 Å². The SMILES string of the molecule is N#Cc1ccccc1CS(=O)Cc1ccccc1C#N. The largest absolute Gasteiger partial charge is 0.259 e. The maximum Gasteiger partial charge on any atom is 0.0994 e. The van der Waals surface area contributed by atoms with Crippen LogP contribution in [0.5, 0.6) is 0 Å². The van der Waals surface area contributed by atoms with Gasteiger partial charge in [0, 0.05) is 10.8 Å². The van der Waals surface area contributed by atoms with Crippen LogP contribution in [-0.4, -0.2) is 4.21 Å². The molecule has 0 fully saturated rings. The van der Waals surface area contributed by atoms with Crippen molar-refractivity contribution in [2.24, 2.45) is 0 Å². The van der Waals surface area contributed by atoms with Gasteiger partial charge in [-0.05, 0) is 23.3 Å². The zero-order valence-electron chi connectivity index (χ0n) is 10.7. The Morgan fingerprint density at radius 2 is 1.20 bits per heavy atom. The van der Waals surface area contributed by atoms with Gasteiger partial charge in [-0.2, -0.15) is 10.5 Å². The van der Waals surface area contributed by atoms with E-state index in [0.29, 0.717) is 22.6 Å². The van der Waals surface area contributed by atoms with Gasteiger partial charge in [-0.15, -0.1) is 0 Å². The van der Waals surface area contributed by atoms with Gasteiger partial charge in [0.25, 0.3) is 0 Å². The van der Waals surface area contributed by atoms with Gasteiger partial charge >= 0.3 is 0 Å². The number of hydrogen-bond donors (Lipinski definition) is 0. The summed E-state index contributed by atoms with van der Waals surface area (Å²) >= 11 is 0. The Morgan fingerprint density at radius 3 is 1.60 bits per heavy atom. The Balaban J connectivity index is 2.14. The van der Waals surface area contributed by atoms with Crippen molar-refractivity contribution in [3.05, 3.63) is 70.8 Å². The van der Waals surface area contributed by atoms with E-state index in [4.69, 9.17) is 10.5 Å². The first kappa shape index (κ1) is 14.0. The van der Waals surface area contributed by atoms with Gasteiger partial charge in [-0.3, -0.25) is 4.21 Å². The van der Waals surface area contributed by atoms with Crippen LogP contribution in [0, 0.1) is 22.7 Å². The molecule has 0 aliphatic rings. The quantitative estimate of drug-likeness (QED) is 0.865. The maximum absolute atomic E-state index is 12.2. The standard InChI is InChI=1S/C16H12N2OS/c17-9-13-5-1-3-7-15(13)11-20(19)12-16-8-4-2-6-14(16)10-18/h1-8H,11-12H2. The molecule has 0 atom stereocenters. The number of rotatable bonds is 4. The monoisotopic (exact) mass is 280 g/mol. The first-order valence-electron chi connectivity index (χ1n) is 6.05. The summed E-state index contributed by atoms with van der Waals surface area (Å²) in [4.78, 5) is 0. The van der Waals surface area contributed by atoms with Gasteiger partial charge in [-0.1, -0.05) is 36.4 Å². The van der Waals surface area contributed by atoms with Gasteiger partial charge in [0.2, 0.25) is 0 Å². The van der Waals surface area contributed by atoms with Crippen molar-refractivity contribution in [3.8, 4) is 12.1 Å². The summed E-state index contributed by atoms with van der Waals surface area (Å²) in [6, 6.07) is 18.5. The average molecular weight is 280 g/mol. The summed E-state index contributed by atoms with van der Waals surface area (Å²) in [6.45, 7) is 0. The van der Waals surface area contributed by atoms with E-state index in [0.717, 1.165) is 11.1 Å². The van der Waals surface area contributed by atoms with E-state index in [9.17, 15) is 4.21 Å². The molecule has 0 unspecified atom stereocenters. The third kappa shape index (κ3) is 3.32. The third-order valence-corrected chi connectivity index (χ3v) is 4.17. The van der Waals surface area contributed by atoms with Crippen molar-refractivity contribution in [1.29, 1.82) is 10.5 Å². The van der Waals surface area contributed by atoms with E-state index in [1.54, 1.807) is 24.3 Å². The molecule has 0 aromatic heterocycles. The van der Waals surface area contributed by atoms with Crippen LogP contribution < -0.4 is 0 Å². The van der Waals surface area contributed by atoms with Gasteiger partial charge in [0.15, 0.2) is 0 Å². The lowest BCUT2D eigenvalue weighted by Gasteiger charge is -2.06. The van der Waals surface area contributed by atoms with Crippen LogP contribution >= 0.6 is 0 Å². The molecule has 0 spiro atoms. The van der Waals surface area contributed by atoms with Crippen LogP contribution in [-0.2, 0) is 22.3 Å². The van der Waals surface area contributed by atoms with Gasteiger partial charge in [0.05, 0.1) is 34.8 Å². The molecule has 0 saturated carbocycles. The fourth-order valence-electron chi connectivity index (χ4n) is 1.91. The highest BCUT2D eigenvalue weighted by atomic mass is 32.2. The molecule has 3 nitrogen and oxygen atoms in total. The van der Waals surface area contributed by atoms with Crippen LogP contribution in [0.15, 0.2) is 48.5 Å². The van der Waals surface area contributed by atoms with Crippen LogP contribution in [0.25, 0.3) is 0 Å². The number of nitrogens with zero attached hydrogens (tertiary/aromatic N) is 2. The van der Waals surface area contributed by atoms with Crippen LogP contribution in [0.1, 0.15) is 22.3 Å². The van der Waals surface area contributed by atoms with Crippen molar-refractivity contribution in [2.75, 3.05) is 0 Å². The first-order chi connectivity index (χ1) is 9.74. The Kier molecular flexibility index (Phi) is 4.65. The lowest BCUT2D eigenvalue weighted by molar-refractivity contribution is 0.682. The molecule has 0 bridgehead atoms. The Bertz CT molecular complexity index is 664. The van der Waals surface area contributed by atoms with Crippen molar-refractivity contribution in [2.45, 2.75) is 11.5 Å². The smallest absolute Gasteiger partial charge is 0.0994 e. The molecule has 2 aromatic carbocycles. The molecular weight excluding hydrogens is 268 g/mol. The minimum atomic E-state index is -1.15. The molecule has 2 rings (SSSR count). The molecule has 20 heavy (non-hydrogen) atoms. The van der Waals surface area contributed by atoms with Crippen molar-refractivity contribution < 1.29 is 4.21 Å². The highest BCUT2D eigenvalue weighted by Gasteiger charge is 2.09. The summed E-state index contributed by atoms with van der Waals surface area (Å²) in [5, 5.41) is 18.0. The number of hydrogen-bond acceptors (Lipinski definition) is 3. The van der Waals surface area contributed by atoms with Gasteiger partial charge in [0.1, 0.15) is 0 Å². The minimum Gasteiger partial charge on any atom is -0.259 e. The summed E-state index contributed by atoms with van der Waals surface area (Å²) < 4.78 is 12.2. The summed E-state index contributed by atoms with van der Waals surface area (Å²) in [5.41, 5.74) is 2.66. The van der Waals surface area contributed by atoms with E-state index in [-0.39, 0.29) is 0 Å². The molecule has 98 valence electrons. The van der Waals surface area contributed by atoms with Crippen LogP contribution in [0.4, 0.5) is 0 Å². The molecule has 4 heteroatoms. The van der Waals surface area contributed by atoms with Crippen molar-refractivity contribution in [1.82, 2.24) is 0 Å². The summed E-state index contributed by atoms with van der Waals surface area (Å²) in [7, 11) is -1.15. The van der Waals surface area contributed by atoms with E-state index in [1.807, 2.05) is 24.3 Å². The molecule has 0 radical (unpaired) electrons. The lowest BCUT2D eigenvalue weighted by atomic mass is 10.1. The molecule has 0 aliphatic carbocycles. The summed E-state index contributed by atoms with van der Waals surface area (Å²) in [6.07, 6.45) is 0. The molecule has 0 N–H and O–H groups in total. The van der Waals surface area contributed by atoms with Crippen LogP contribution in [0.3, 0.4) is 0 Å². The normalized spacial score (nSPS) is 9.95. The Morgan fingerprint density at radius 1 is 0.800 bits per heavy atom. The zero-order valence-corrected chi connectivity index (χ0v) is 11.6. The molecule has 0 amide bonds. The van der Waals surface area contributed by atoms with E-state index in [2.05, 4.69) is 12.1 Å². The topological polar surface area (TPSA) is 64.7 Å². The van der Waals surface area contributed by atoms with Crippen molar-refractivity contribution >= 4 is 10.8 Å². The summed E-state index contributed by atoms with van der Waals surface area (Å²) in [5.74, 6) is 0.646. The van der Waals surface area contributed by atoms with Gasteiger partial charge in [-0.25, -0.2) is 0 Å². The van der Waals surface area contributed by atoms with Crippen LogP contribution in [0.2, 0.25) is 0 Å². The zero-order chi connectivity index (χ0) is 14.4. The molecule has 0 aliphatic heterocycles. The number of nitriles is 2. The second kappa shape index (κ2) is 6.65. The minimum absolute atomic E-state index is 0.323. The fourth-order valence-corrected chi connectivity index (χ4v) is 3.21. The highest BCUT2D eigenvalue weighted by Crippen LogP contribution is 2.15. The second-order valence-corrected chi connectivity index (χ2v) is 5.72. The molecule has 2 aromatic rings. The third-order valence-electron chi connectivity index (χ3n) is 2.91. The highest BCUT2D eigenvalue weighted by molar-refractivity contribution is 7.83. The average Bonchev–Trinajstić information content (AvgIpc) is 2.48.